The quantitative estimate of drug-likeness (QED) is 0.523. The molecule has 0 aromatic carbocycles. The maximum absolute atomic E-state index is 2.32. The molecular weight excluding hydrogens is 195 g/mol. The van der Waals surface area contributed by atoms with Crippen LogP contribution >= 0.6 is 0 Å². The summed E-state index contributed by atoms with van der Waals surface area (Å²) in [6.07, 6.45) is 8.65. The van der Waals surface area contributed by atoms with Crippen molar-refractivity contribution >= 4 is 8.80 Å². The Morgan fingerprint density at radius 1 is 0.643 bits per heavy atom. The third-order valence-corrected chi connectivity index (χ3v) is 5.83. The molecule has 0 N–H and O–H groups in total. The molecule has 0 aliphatic carbocycles. The molecule has 0 nitrogen and oxygen atoms in total. The van der Waals surface area contributed by atoms with Gasteiger partial charge in [0.05, 0.1) is 0 Å². The Morgan fingerprint density at radius 2 is 0.929 bits per heavy atom. The van der Waals surface area contributed by atoms with Crippen LogP contribution in [-0.4, -0.2) is 8.80 Å². The Hall–Kier alpha value is 1.22. The Kier molecular flexibility index (Phi) is 17.9. The third kappa shape index (κ3) is 11.3. The van der Waals surface area contributed by atoms with E-state index in [1.807, 2.05) is 0 Å². The largest absolute Gasteiger partial charge is 1.00 e. The third-order valence-electron chi connectivity index (χ3n) is 2.65. The van der Waals surface area contributed by atoms with Gasteiger partial charge in [0.15, 0.2) is 0 Å². The van der Waals surface area contributed by atoms with E-state index in [9.17, 15) is 0 Å². The molecule has 0 aromatic rings. The van der Waals surface area contributed by atoms with E-state index in [-0.39, 0.29) is 38.4 Å². The number of hydrogen-bond donors (Lipinski definition) is 0. The summed E-state index contributed by atoms with van der Waals surface area (Å²) in [4.78, 5) is 0. The van der Waals surface area contributed by atoms with Crippen LogP contribution in [0.25, 0.3) is 0 Å². The Balaban J connectivity index is 0. The number of unbranched alkanes of at least 4 members (excludes halogenated alkanes) is 3. The van der Waals surface area contributed by atoms with Gasteiger partial charge in [0.2, 0.25) is 0 Å². The minimum atomic E-state index is 0. The molecule has 0 rings (SSSR count). The van der Waals surface area contributed by atoms with Crippen LogP contribution in [0.1, 0.15) is 59.3 Å². The van der Waals surface area contributed by atoms with E-state index in [4.69, 9.17) is 0 Å². The van der Waals surface area contributed by atoms with Crippen LogP contribution in [0.2, 0.25) is 18.1 Å². The van der Waals surface area contributed by atoms with Gasteiger partial charge in [0, 0.05) is 0 Å². The predicted octanol–water partition coefficient (Wildman–Crippen LogP) is 1.89. The van der Waals surface area contributed by atoms with Crippen LogP contribution < -0.4 is 29.6 Å². The zero-order chi connectivity index (χ0) is 9.94. The van der Waals surface area contributed by atoms with Gasteiger partial charge < -0.3 is 0 Å². The monoisotopic (exact) mass is 222 g/mol. The van der Waals surface area contributed by atoms with Crippen LogP contribution in [0.3, 0.4) is 0 Å². The normalized spacial score (nSPS) is 10.3. The molecule has 0 aliphatic heterocycles. The van der Waals surface area contributed by atoms with Crippen LogP contribution in [0.5, 0.6) is 0 Å². The molecule has 0 atom stereocenters. The molecule has 0 radical (unpaired) electrons. The maximum atomic E-state index is 2.32. The SMILES string of the molecule is CCCC[Si-](CCCC)CCCC.[Na+]. The van der Waals surface area contributed by atoms with E-state index in [1.165, 1.54) is 38.5 Å². The van der Waals surface area contributed by atoms with E-state index >= 15 is 0 Å². The second kappa shape index (κ2) is 14.2. The molecular formula is C12H27NaSi. The first-order chi connectivity index (χ1) is 6.35. The molecule has 0 aliphatic rings. The summed E-state index contributed by atoms with van der Waals surface area (Å²) in [5, 5.41) is 0. The van der Waals surface area contributed by atoms with E-state index in [2.05, 4.69) is 20.8 Å². The van der Waals surface area contributed by atoms with Gasteiger partial charge in [0.1, 0.15) is 0 Å². The van der Waals surface area contributed by atoms with Gasteiger partial charge in [-0.1, -0.05) is 59.3 Å². The fourth-order valence-corrected chi connectivity index (χ4v) is 4.97. The van der Waals surface area contributed by atoms with Crippen molar-refractivity contribution in [3.8, 4) is 0 Å². The molecule has 0 saturated carbocycles. The van der Waals surface area contributed by atoms with Gasteiger partial charge in [-0.25, -0.2) is 0 Å². The van der Waals surface area contributed by atoms with Gasteiger partial charge in [-0.05, 0) is 0 Å². The minimum absolute atomic E-state index is 0. The van der Waals surface area contributed by atoms with Crippen molar-refractivity contribution in [1.82, 2.24) is 0 Å². The van der Waals surface area contributed by atoms with Crippen molar-refractivity contribution in [1.29, 1.82) is 0 Å². The Labute approximate surface area is 115 Å². The van der Waals surface area contributed by atoms with Gasteiger partial charge in [-0.3, -0.25) is 8.80 Å². The molecule has 80 valence electrons. The summed E-state index contributed by atoms with van der Waals surface area (Å²) < 4.78 is 0. The fraction of sp³-hybridized carbons (Fsp3) is 1.00. The summed E-state index contributed by atoms with van der Waals surface area (Å²) in [5.74, 6) is 0. The van der Waals surface area contributed by atoms with Gasteiger partial charge in [0.25, 0.3) is 0 Å². The topological polar surface area (TPSA) is 0 Å². The first kappa shape index (κ1) is 17.6. The first-order valence-electron chi connectivity index (χ1n) is 6.18. The molecule has 0 unspecified atom stereocenters. The molecule has 0 amide bonds. The summed E-state index contributed by atoms with van der Waals surface area (Å²) in [5.41, 5.74) is 0. The van der Waals surface area contributed by atoms with E-state index in [0.29, 0.717) is 0 Å². The van der Waals surface area contributed by atoms with Crippen LogP contribution in [0, 0.1) is 0 Å². The Morgan fingerprint density at radius 3 is 1.14 bits per heavy atom. The van der Waals surface area contributed by atoms with Crippen LogP contribution in [0.4, 0.5) is 0 Å². The minimum Gasteiger partial charge on any atom is -0.260 e. The van der Waals surface area contributed by atoms with Crippen molar-refractivity contribution in [2.75, 3.05) is 0 Å². The zero-order valence-corrected chi connectivity index (χ0v) is 13.9. The van der Waals surface area contributed by atoms with Crippen molar-refractivity contribution in [2.24, 2.45) is 0 Å². The van der Waals surface area contributed by atoms with Crippen molar-refractivity contribution in [3.05, 3.63) is 0 Å². The molecule has 0 saturated heterocycles. The molecule has 14 heavy (non-hydrogen) atoms. The molecule has 0 fully saturated rings. The standard InChI is InChI=1S/C12H27Si.Na/c1-4-7-10-13(11-8-5-2)12-9-6-3;/h4-12H2,1-3H3;/q-1;+1. The summed E-state index contributed by atoms with van der Waals surface area (Å²) in [6, 6.07) is 4.75. The average Bonchev–Trinajstić information content (AvgIpc) is 2.17. The van der Waals surface area contributed by atoms with Gasteiger partial charge in [-0.2, -0.15) is 18.1 Å². The second-order valence-corrected chi connectivity index (χ2v) is 7.06. The summed E-state index contributed by atoms with van der Waals surface area (Å²) >= 11 is 0. The van der Waals surface area contributed by atoms with E-state index in [1.54, 1.807) is 18.1 Å². The van der Waals surface area contributed by atoms with Crippen LogP contribution in [-0.2, 0) is 0 Å². The molecule has 0 heterocycles. The summed E-state index contributed by atoms with van der Waals surface area (Å²) in [6.45, 7) is 6.96. The molecule has 0 bridgehead atoms. The average molecular weight is 222 g/mol. The van der Waals surface area contributed by atoms with Crippen molar-refractivity contribution in [2.45, 2.75) is 77.4 Å². The van der Waals surface area contributed by atoms with E-state index < -0.39 is 0 Å². The zero-order valence-electron chi connectivity index (χ0n) is 10.9. The second-order valence-electron chi connectivity index (χ2n) is 4.06. The smallest absolute Gasteiger partial charge is 0.260 e. The Bertz CT molecular complexity index is 77.3. The van der Waals surface area contributed by atoms with Gasteiger partial charge in [-0.15, -0.1) is 0 Å². The first-order valence-corrected chi connectivity index (χ1v) is 8.30. The van der Waals surface area contributed by atoms with Crippen LogP contribution in [0.15, 0.2) is 0 Å². The molecule has 2 heteroatoms. The van der Waals surface area contributed by atoms with Crippen molar-refractivity contribution in [3.63, 3.8) is 0 Å². The van der Waals surface area contributed by atoms with Crippen molar-refractivity contribution < 1.29 is 29.6 Å². The van der Waals surface area contributed by atoms with E-state index in [0.717, 1.165) is 0 Å². The number of rotatable bonds is 9. The molecule has 0 aromatic heterocycles. The summed E-state index contributed by atoms with van der Waals surface area (Å²) in [7, 11) is 0.0675. The molecule has 0 spiro atoms. The fourth-order valence-electron chi connectivity index (χ4n) is 1.66. The maximum Gasteiger partial charge on any atom is 1.00 e. The number of hydrogen-bond acceptors (Lipinski definition) is 0. The van der Waals surface area contributed by atoms with Gasteiger partial charge >= 0.3 is 29.6 Å². The predicted molar refractivity (Wildman–Crippen MR) is 64.9 cm³/mol.